The van der Waals surface area contributed by atoms with Crippen molar-refractivity contribution in [3.05, 3.63) is 112 Å². The molecule has 0 saturated carbocycles. The summed E-state index contributed by atoms with van der Waals surface area (Å²) >= 11 is 0. The number of imidazole rings is 1. The molecule has 6 rings (SSSR count). The highest BCUT2D eigenvalue weighted by atomic mass is 19.1. The van der Waals surface area contributed by atoms with Crippen molar-refractivity contribution in [2.75, 3.05) is 20.3 Å². The molecule has 1 atom stereocenters. The molecule has 216 valence electrons. The average molecular weight is 579 g/mol. The standard InChI is InChI=1S/C33H27FN4O5/c1-41-14-12-38-29-17-23(33(39)40)8-10-28(29)37-32(38)31-25-9-7-22(16-21(25)11-13-42-31)27-3-2-4-30(36-27)43-19-24-6-5-20(18-35)15-26(24)34/h2-10,15-17,31H,11-14,19H2,1H3,(H,39,40)/t31-/m1/s1. The van der Waals surface area contributed by atoms with Crippen LogP contribution in [0.4, 0.5) is 4.39 Å². The molecule has 0 bridgehead atoms. The summed E-state index contributed by atoms with van der Waals surface area (Å²) < 4.78 is 33.6. The van der Waals surface area contributed by atoms with E-state index in [1.54, 1.807) is 37.4 Å². The van der Waals surface area contributed by atoms with E-state index in [0.717, 1.165) is 16.7 Å². The number of carboxylic acids is 1. The van der Waals surface area contributed by atoms with Gasteiger partial charge in [0.1, 0.15) is 24.4 Å². The number of nitrogens with zero attached hydrogens (tertiary/aromatic N) is 4. The van der Waals surface area contributed by atoms with Crippen molar-refractivity contribution in [1.82, 2.24) is 14.5 Å². The molecular weight excluding hydrogens is 551 g/mol. The summed E-state index contributed by atoms with van der Waals surface area (Å²) in [4.78, 5) is 21.1. The molecule has 5 aromatic rings. The van der Waals surface area contributed by atoms with Gasteiger partial charge in [-0.05, 0) is 60.0 Å². The molecule has 1 aliphatic heterocycles. The van der Waals surface area contributed by atoms with Gasteiger partial charge < -0.3 is 23.9 Å². The van der Waals surface area contributed by atoms with Crippen LogP contribution in [0, 0.1) is 17.1 Å². The van der Waals surface area contributed by atoms with E-state index in [4.69, 9.17) is 24.5 Å². The van der Waals surface area contributed by atoms with Crippen LogP contribution in [0.15, 0.2) is 72.8 Å². The normalized spacial score (nSPS) is 14.3. The van der Waals surface area contributed by atoms with Gasteiger partial charge >= 0.3 is 5.97 Å². The largest absolute Gasteiger partial charge is 0.478 e. The molecule has 10 heteroatoms. The quantitative estimate of drug-likeness (QED) is 0.237. The number of hydrogen-bond acceptors (Lipinski definition) is 7. The van der Waals surface area contributed by atoms with Crippen molar-refractivity contribution in [2.45, 2.75) is 25.7 Å². The third-order valence-corrected chi connectivity index (χ3v) is 7.44. The van der Waals surface area contributed by atoms with Crippen molar-refractivity contribution in [3.8, 4) is 23.2 Å². The second-order valence-electron chi connectivity index (χ2n) is 10.1. The molecule has 9 nitrogen and oxygen atoms in total. The Labute approximate surface area is 246 Å². The molecule has 2 aromatic heterocycles. The van der Waals surface area contributed by atoms with Crippen molar-refractivity contribution < 1.29 is 28.5 Å². The smallest absolute Gasteiger partial charge is 0.335 e. The maximum atomic E-state index is 14.3. The van der Waals surface area contributed by atoms with Gasteiger partial charge in [0.05, 0.1) is 47.1 Å². The Hall–Kier alpha value is -5.11. The van der Waals surface area contributed by atoms with Gasteiger partial charge in [0.25, 0.3) is 0 Å². The molecule has 3 heterocycles. The molecule has 3 aromatic carbocycles. The van der Waals surface area contributed by atoms with Crippen molar-refractivity contribution in [3.63, 3.8) is 0 Å². The van der Waals surface area contributed by atoms with Crippen LogP contribution in [0.3, 0.4) is 0 Å². The number of benzene rings is 3. The zero-order valence-corrected chi connectivity index (χ0v) is 23.3. The molecule has 0 unspecified atom stereocenters. The first-order valence-electron chi connectivity index (χ1n) is 13.7. The monoisotopic (exact) mass is 578 g/mol. The van der Waals surface area contributed by atoms with Gasteiger partial charge in [-0.1, -0.05) is 24.3 Å². The van der Waals surface area contributed by atoms with Crippen LogP contribution in [0.25, 0.3) is 22.3 Å². The maximum Gasteiger partial charge on any atom is 0.335 e. The van der Waals surface area contributed by atoms with Crippen LogP contribution in [0.2, 0.25) is 0 Å². The average Bonchev–Trinajstić information content (AvgIpc) is 3.40. The van der Waals surface area contributed by atoms with Crippen LogP contribution in [-0.2, 0) is 29.0 Å². The van der Waals surface area contributed by atoms with Gasteiger partial charge in [-0.3, -0.25) is 0 Å². The fourth-order valence-electron chi connectivity index (χ4n) is 5.26. The second kappa shape index (κ2) is 12.0. The van der Waals surface area contributed by atoms with E-state index in [9.17, 15) is 14.3 Å². The molecular formula is C33H27FN4O5. The lowest BCUT2D eigenvalue weighted by Gasteiger charge is -2.27. The summed E-state index contributed by atoms with van der Waals surface area (Å²) in [5, 5.41) is 18.5. The van der Waals surface area contributed by atoms with E-state index >= 15 is 0 Å². The number of halogens is 1. The van der Waals surface area contributed by atoms with E-state index in [1.165, 1.54) is 12.1 Å². The summed E-state index contributed by atoms with van der Waals surface area (Å²) in [5.41, 5.74) is 5.84. The lowest BCUT2D eigenvalue weighted by molar-refractivity contribution is 0.0609. The Morgan fingerprint density at radius 1 is 1.14 bits per heavy atom. The van der Waals surface area contributed by atoms with Crippen LogP contribution < -0.4 is 4.74 Å². The summed E-state index contributed by atoms with van der Waals surface area (Å²) in [6.45, 7) is 1.38. The number of carbonyl (C=O) groups is 1. The number of methoxy groups -OCH3 is 1. The van der Waals surface area contributed by atoms with Gasteiger partial charge in [-0.15, -0.1) is 0 Å². The van der Waals surface area contributed by atoms with E-state index in [-0.39, 0.29) is 17.7 Å². The highest BCUT2D eigenvalue weighted by Crippen LogP contribution is 2.36. The first kappa shape index (κ1) is 28.0. The molecule has 43 heavy (non-hydrogen) atoms. The van der Waals surface area contributed by atoms with Crippen LogP contribution >= 0.6 is 0 Å². The zero-order chi connectivity index (χ0) is 29.9. The predicted molar refractivity (Wildman–Crippen MR) is 155 cm³/mol. The molecule has 0 amide bonds. The molecule has 0 radical (unpaired) electrons. The minimum absolute atomic E-state index is 0.0186. The van der Waals surface area contributed by atoms with Crippen molar-refractivity contribution in [1.29, 1.82) is 5.26 Å². The van der Waals surface area contributed by atoms with Crippen molar-refractivity contribution in [2.24, 2.45) is 0 Å². The Kier molecular flexibility index (Phi) is 7.83. The number of aromatic nitrogens is 3. The Morgan fingerprint density at radius 2 is 2.02 bits per heavy atom. The number of aromatic carboxylic acids is 1. The van der Waals surface area contributed by atoms with Crippen LogP contribution in [-0.4, -0.2) is 45.9 Å². The number of ether oxygens (including phenoxy) is 3. The number of pyridine rings is 1. The molecule has 0 aliphatic carbocycles. The van der Waals surface area contributed by atoms with Crippen molar-refractivity contribution >= 4 is 17.0 Å². The highest BCUT2D eigenvalue weighted by Gasteiger charge is 2.28. The van der Waals surface area contributed by atoms with Gasteiger partial charge in [-0.25, -0.2) is 19.2 Å². The Bertz CT molecular complexity index is 1880. The van der Waals surface area contributed by atoms with Crippen LogP contribution in [0.5, 0.6) is 5.88 Å². The fourth-order valence-corrected chi connectivity index (χ4v) is 5.26. The predicted octanol–water partition coefficient (Wildman–Crippen LogP) is 5.69. The maximum absolute atomic E-state index is 14.3. The first-order valence-corrected chi connectivity index (χ1v) is 13.7. The van der Waals surface area contributed by atoms with Gasteiger partial charge in [-0.2, -0.15) is 5.26 Å². The Balaban J connectivity index is 1.29. The van der Waals surface area contributed by atoms with Crippen LogP contribution in [0.1, 0.15) is 44.5 Å². The zero-order valence-electron chi connectivity index (χ0n) is 23.3. The summed E-state index contributed by atoms with van der Waals surface area (Å²) in [5.74, 6) is -0.460. The van der Waals surface area contributed by atoms with Gasteiger partial charge in [0.2, 0.25) is 5.88 Å². The number of rotatable bonds is 9. The summed E-state index contributed by atoms with van der Waals surface area (Å²) in [7, 11) is 1.62. The summed E-state index contributed by atoms with van der Waals surface area (Å²) in [6, 6.07) is 22.6. The minimum atomic E-state index is -1.00. The fraction of sp³-hybridized carbons (Fsp3) is 0.212. The number of nitriles is 1. The van der Waals surface area contributed by atoms with E-state index in [1.807, 2.05) is 34.9 Å². The number of fused-ring (bicyclic) bond motifs is 2. The lowest BCUT2D eigenvalue weighted by Crippen LogP contribution is -2.21. The summed E-state index contributed by atoms with van der Waals surface area (Å²) in [6.07, 6.45) is 0.259. The highest BCUT2D eigenvalue weighted by molar-refractivity contribution is 5.92. The minimum Gasteiger partial charge on any atom is -0.478 e. The third kappa shape index (κ3) is 5.68. The number of carboxylic acid groups (broad SMARTS) is 1. The first-order chi connectivity index (χ1) is 20.9. The number of hydrogen-bond donors (Lipinski definition) is 1. The van der Waals surface area contributed by atoms with Gasteiger partial charge in [0.15, 0.2) is 0 Å². The van der Waals surface area contributed by atoms with E-state index < -0.39 is 17.9 Å². The molecule has 0 fully saturated rings. The van der Waals surface area contributed by atoms with E-state index in [2.05, 4.69) is 11.1 Å². The molecule has 1 N–H and O–H groups in total. The SMILES string of the molecule is COCCn1c([C@@H]2OCCc3cc(-c4cccc(OCc5ccc(C#N)cc5F)n4)ccc32)nc2ccc(C(=O)O)cc21. The molecule has 1 aliphatic rings. The third-order valence-electron chi connectivity index (χ3n) is 7.44. The second-order valence-corrected chi connectivity index (χ2v) is 10.1. The topological polar surface area (TPSA) is 119 Å². The molecule has 0 saturated heterocycles. The van der Waals surface area contributed by atoms with E-state index in [0.29, 0.717) is 60.2 Å². The Morgan fingerprint density at radius 3 is 2.81 bits per heavy atom. The van der Waals surface area contributed by atoms with Gasteiger partial charge in [0, 0.05) is 30.8 Å². The molecule has 0 spiro atoms. The lowest BCUT2D eigenvalue weighted by atomic mass is 9.94.